The molecule has 21 heavy (non-hydrogen) atoms. The van der Waals surface area contributed by atoms with E-state index in [0.717, 1.165) is 17.9 Å². The third kappa shape index (κ3) is 3.09. The maximum atomic E-state index is 12.5. The number of carbonyl (C=O) groups excluding carboxylic acids is 1. The number of halogens is 1. The highest BCUT2D eigenvalue weighted by molar-refractivity contribution is 6.30. The lowest BCUT2D eigenvalue weighted by molar-refractivity contribution is -0.127. The molecular weight excluding hydrogens is 284 g/mol. The van der Waals surface area contributed by atoms with E-state index in [2.05, 4.69) is 5.32 Å². The van der Waals surface area contributed by atoms with E-state index in [1.165, 1.54) is 18.4 Å². The standard InChI is InChI=1S/C17H23ClN2O/c1-10(8-11-2-6-14(18)7-3-11)20-17(21)15-12-4-5-13(9-12)16(15)19/h2-3,6-7,10,12-13,15-16H,4-5,8-9,19H2,1H3,(H,20,21). The molecule has 3 rings (SSSR count). The molecule has 0 radical (unpaired) electrons. The molecule has 2 saturated carbocycles. The smallest absolute Gasteiger partial charge is 0.225 e. The van der Waals surface area contributed by atoms with Crippen LogP contribution in [0.15, 0.2) is 24.3 Å². The van der Waals surface area contributed by atoms with Crippen LogP contribution in [-0.4, -0.2) is 18.0 Å². The van der Waals surface area contributed by atoms with Gasteiger partial charge in [0.15, 0.2) is 0 Å². The predicted molar refractivity (Wildman–Crippen MR) is 85.1 cm³/mol. The summed E-state index contributed by atoms with van der Waals surface area (Å²) in [6.45, 7) is 2.05. The van der Waals surface area contributed by atoms with Crippen molar-refractivity contribution in [1.82, 2.24) is 5.32 Å². The van der Waals surface area contributed by atoms with Crippen molar-refractivity contribution in [1.29, 1.82) is 0 Å². The van der Waals surface area contributed by atoms with Gasteiger partial charge < -0.3 is 11.1 Å². The van der Waals surface area contributed by atoms with Crippen molar-refractivity contribution in [2.24, 2.45) is 23.5 Å². The average molecular weight is 307 g/mol. The lowest BCUT2D eigenvalue weighted by Crippen LogP contribution is -2.47. The first-order valence-electron chi connectivity index (χ1n) is 7.85. The van der Waals surface area contributed by atoms with E-state index in [1.807, 2.05) is 31.2 Å². The highest BCUT2D eigenvalue weighted by Gasteiger charge is 2.49. The van der Waals surface area contributed by atoms with E-state index in [4.69, 9.17) is 17.3 Å². The van der Waals surface area contributed by atoms with Gasteiger partial charge in [-0.25, -0.2) is 0 Å². The fourth-order valence-electron chi connectivity index (χ4n) is 4.09. The van der Waals surface area contributed by atoms with Gasteiger partial charge in [-0.15, -0.1) is 0 Å². The van der Waals surface area contributed by atoms with E-state index in [0.29, 0.717) is 11.8 Å². The van der Waals surface area contributed by atoms with E-state index in [1.54, 1.807) is 0 Å². The molecule has 3 N–H and O–H groups in total. The molecule has 4 heteroatoms. The van der Waals surface area contributed by atoms with Gasteiger partial charge in [0.25, 0.3) is 0 Å². The van der Waals surface area contributed by atoms with Crippen molar-refractivity contribution in [3.8, 4) is 0 Å². The second kappa shape index (κ2) is 5.98. The summed E-state index contributed by atoms with van der Waals surface area (Å²) in [5.41, 5.74) is 7.42. The molecule has 2 bridgehead atoms. The summed E-state index contributed by atoms with van der Waals surface area (Å²) in [6, 6.07) is 7.97. The maximum Gasteiger partial charge on any atom is 0.225 e. The van der Waals surface area contributed by atoms with Gasteiger partial charge in [-0.2, -0.15) is 0 Å². The topological polar surface area (TPSA) is 55.1 Å². The summed E-state index contributed by atoms with van der Waals surface area (Å²) < 4.78 is 0. The molecule has 0 spiro atoms. The van der Waals surface area contributed by atoms with Crippen molar-refractivity contribution in [2.75, 3.05) is 0 Å². The molecule has 5 atom stereocenters. The summed E-state index contributed by atoms with van der Waals surface area (Å²) in [4.78, 5) is 12.5. The molecule has 0 aromatic heterocycles. The summed E-state index contributed by atoms with van der Waals surface area (Å²) in [7, 11) is 0. The van der Waals surface area contributed by atoms with Gasteiger partial charge in [-0.3, -0.25) is 4.79 Å². The van der Waals surface area contributed by atoms with Crippen LogP contribution in [0, 0.1) is 17.8 Å². The normalized spacial score (nSPS) is 32.1. The molecule has 1 amide bonds. The summed E-state index contributed by atoms with van der Waals surface area (Å²) in [5.74, 6) is 1.25. The van der Waals surface area contributed by atoms with Gasteiger partial charge in [-0.05, 0) is 62.1 Å². The van der Waals surface area contributed by atoms with Crippen LogP contribution >= 0.6 is 11.6 Å². The second-order valence-electron chi connectivity index (χ2n) is 6.68. The first-order chi connectivity index (χ1) is 10.0. The van der Waals surface area contributed by atoms with Crippen LogP contribution in [0.2, 0.25) is 5.02 Å². The van der Waals surface area contributed by atoms with Gasteiger partial charge in [0.1, 0.15) is 0 Å². The number of carbonyl (C=O) groups is 1. The maximum absolute atomic E-state index is 12.5. The van der Waals surface area contributed by atoms with Crippen LogP contribution in [0.25, 0.3) is 0 Å². The average Bonchev–Trinajstić information content (AvgIpc) is 3.01. The Morgan fingerprint density at radius 2 is 2.00 bits per heavy atom. The SMILES string of the molecule is CC(Cc1ccc(Cl)cc1)NC(=O)C1C2CCC(C2)C1N. The lowest BCUT2D eigenvalue weighted by atomic mass is 9.84. The lowest BCUT2D eigenvalue weighted by Gasteiger charge is -2.28. The van der Waals surface area contributed by atoms with Gasteiger partial charge in [0, 0.05) is 17.1 Å². The Kier molecular flexibility index (Phi) is 4.23. The summed E-state index contributed by atoms with van der Waals surface area (Å²) in [5, 5.41) is 3.89. The second-order valence-corrected chi connectivity index (χ2v) is 7.11. The van der Waals surface area contributed by atoms with E-state index < -0.39 is 0 Å². The Hall–Kier alpha value is -1.06. The molecule has 2 aliphatic carbocycles. The van der Waals surface area contributed by atoms with E-state index >= 15 is 0 Å². The third-order valence-corrected chi connectivity index (χ3v) is 5.38. The van der Waals surface area contributed by atoms with Gasteiger partial charge in [0.05, 0.1) is 5.92 Å². The molecule has 0 saturated heterocycles. The van der Waals surface area contributed by atoms with E-state index in [9.17, 15) is 4.79 Å². The van der Waals surface area contributed by atoms with Crippen LogP contribution in [0.4, 0.5) is 0 Å². The molecule has 3 nitrogen and oxygen atoms in total. The summed E-state index contributed by atoms with van der Waals surface area (Å²) in [6.07, 6.45) is 4.34. The molecule has 0 aliphatic heterocycles. The van der Waals surface area contributed by atoms with Crippen LogP contribution in [-0.2, 0) is 11.2 Å². The van der Waals surface area contributed by atoms with Crippen LogP contribution in [0.1, 0.15) is 31.7 Å². The van der Waals surface area contributed by atoms with Crippen molar-refractivity contribution in [3.63, 3.8) is 0 Å². The number of nitrogens with one attached hydrogen (secondary N) is 1. The molecule has 1 aromatic rings. The largest absolute Gasteiger partial charge is 0.353 e. The van der Waals surface area contributed by atoms with Crippen LogP contribution in [0.3, 0.4) is 0 Å². The molecular formula is C17H23ClN2O. The van der Waals surface area contributed by atoms with Crippen LogP contribution in [0.5, 0.6) is 0 Å². The van der Waals surface area contributed by atoms with Gasteiger partial charge in [0.2, 0.25) is 5.91 Å². The quantitative estimate of drug-likeness (QED) is 0.898. The highest BCUT2D eigenvalue weighted by atomic mass is 35.5. The first kappa shape index (κ1) is 14.9. The zero-order chi connectivity index (χ0) is 15.0. The fourth-order valence-corrected chi connectivity index (χ4v) is 4.21. The minimum absolute atomic E-state index is 0.0245. The van der Waals surface area contributed by atoms with Crippen LogP contribution < -0.4 is 11.1 Å². The molecule has 1 aromatic carbocycles. The molecule has 2 fully saturated rings. The minimum Gasteiger partial charge on any atom is -0.353 e. The van der Waals surface area contributed by atoms with Gasteiger partial charge in [-0.1, -0.05) is 23.7 Å². The number of hydrogen-bond acceptors (Lipinski definition) is 2. The predicted octanol–water partition coefficient (Wildman–Crippen LogP) is 2.76. The zero-order valence-corrected chi connectivity index (χ0v) is 13.1. The Labute approximate surface area is 131 Å². The number of rotatable bonds is 4. The van der Waals surface area contributed by atoms with Crippen molar-refractivity contribution < 1.29 is 4.79 Å². The number of hydrogen-bond donors (Lipinski definition) is 2. The van der Waals surface area contributed by atoms with Crippen molar-refractivity contribution >= 4 is 17.5 Å². The summed E-state index contributed by atoms with van der Waals surface area (Å²) >= 11 is 5.89. The molecule has 114 valence electrons. The molecule has 0 heterocycles. The monoisotopic (exact) mass is 306 g/mol. The molecule has 2 aliphatic rings. The van der Waals surface area contributed by atoms with E-state index in [-0.39, 0.29) is 23.9 Å². The highest BCUT2D eigenvalue weighted by Crippen LogP contribution is 2.47. The fraction of sp³-hybridized carbons (Fsp3) is 0.588. The minimum atomic E-state index is 0.0245. The Morgan fingerprint density at radius 3 is 2.62 bits per heavy atom. The third-order valence-electron chi connectivity index (χ3n) is 5.13. The Balaban J connectivity index is 1.56. The van der Waals surface area contributed by atoms with Crippen molar-refractivity contribution in [3.05, 3.63) is 34.9 Å². The number of amides is 1. The van der Waals surface area contributed by atoms with Gasteiger partial charge >= 0.3 is 0 Å². The number of nitrogens with two attached hydrogens (primary N) is 1. The Bertz CT molecular complexity index is 514. The number of benzene rings is 1. The number of fused-ring (bicyclic) bond motifs is 2. The molecule has 5 unspecified atom stereocenters. The Morgan fingerprint density at radius 1 is 1.33 bits per heavy atom. The first-order valence-corrected chi connectivity index (χ1v) is 8.23. The van der Waals surface area contributed by atoms with Crippen molar-refractivity contribution in [2.45, 2.75) is 44.7 Å². The zero-order valence-electron chi connectivity index (χ0n) is 12.4.